The number of aliphatic hydroxyl groups is 1. The number of aromatic nitrogens is 2. The van der Waals surface area contributed by atoms with Gasteiger partial charge in [-0.25, -0.2) is 4.98 Å². The molecule has 2 heterocycles. The number of amides is 2. The Morgan fingerprint density at radius 2 is 1.92 bits per heavy atom. The van der Waals surface area contributed by atoms with Crippen LogP contribution in [0.25, 0.3) is 0 Å². The third kappa shape index (κ3) is 7.25. The van der Waals surface area contributed by atoms with E-state index in [0.717, 1.165) is 34.6 Å². The largest absolute Gasteiger partial charge is 0.497 e. The van der Waals surface area contributed by atoms with Crippen LogP contribution in [0, 0.1) is 6.92 Å². The van der Waals surface area contributed by atoms with Gasteiger partial charge in [0, 0.05) is 37.9 Å². The Labute approximate surface area is 229 Å². The Hall–Kier alpha value is -3.69. The molecule has 2 aromatic carbocycles. The van der Waals surface area contributed by atoms with Gasteiger partial charge in [0.2, 0.25) is 11.8 Å². The fourth-order valence-electron chi connectivity index (χ4n) is 4.98. The van der Waals surface area contributed by atoms with Gasteiger partial charge >= 0.3 is 0 Å². The summed E-state index contributed by atoms with van der Waals surface area (Å²) in [7, 11) is 1.61. The van der Waals surface area contributed by atoms with E-state index in [2.05, 4.69) is 21.4 Å². The van der Waals surface area contributed by atoms with Crippen molar-refractivity contribution in [1.29, 1.82) is 0 Å². The number of carbonyl (C=O) groups excluding carboxylic acids is 2. The van der Waals surface area contributed by atoms with Gasteiger partial charge in [-0.15, -0.1) is 0 Å². The lowest BCUT2D eigenvalue weighted by atomic mass is 9.82. The Balaban J connectivity index is 1.48. The minimum absolute atomic E-state index is 0.123. The summed E-state index contributed by atoms with van der Waals surface area (Å²) in [6.07, 6.45) is 5.81. The van der Waals surface area contributed by atoms with Gasteiger partial charge in [-0.2, -0.15) is 0 Å². The van der Waals surface area contributed by atoms with Crippen molar-refractivity contribution in [2.75, 3.05) is 33.4 Å². The smallest absolute Gasteiger partial charge is 0.245 e. The summed E-state index contributed by atoms with van der Waals surface area (Å²) in [4.78, 5) is 35.4. The number of H-pyrrole nitrogens is 1. The number of aromatic amines is 1. The number of hydrogen-bond acceptors (Lipinski definition) is 6. The van der Waals surface area contributed by atoms with Gasteiger partial charge in [0.05, 0.1) is 26.5 Å². The molecule has 1 fully saturated rings. The zero-order chi connectivity index (χ0) is 27.7. The maximum absolute atomic E-state index is 13.8. The molecule has 2 amide bonds. The first kappa shape index (κ1) is 28.3. The second-order valence-corrected chi connectivity index (χ2v) is 10.0. The van der Waals surface area contributed by atoms with Crippen LogP contribution in [0.5, 0.6) is 5.75 Å². The fraction of sp³-hybridized carbons (Fsp3) is 0.433. The predicted octanol–water partition coefficient (Wildman–Crippen LogP) is 2.91. The second kappa shape index (κ2) is 13.4. The standard InChI is InChI=1S/C30H38N4O5/c1-22-7-3-4-8-26(22)30(39-16-6-5-15-35)19-34(20-30)29(37)27(17-23-9-12-25(38-2)13-10-23)33-28(36)14-11-24-18-31-21-32-24/h3-4,7-10,12-13,18,21,27,35H,5-6,11,14-17,19-20H2,1-2H3,(H,31,32)(H,33,36). The highest BCUT2D eigenvalue weighted by atomic mass is 16.5. The van der Waals surface area contributed by atoms with E-state index in [1.54, 1.807) is 24.5 Å². The highest BCUT2D eigenvalue weighted by Crippen LogP contribution is 2.38. The molecule has 208 valence electrons. The molecule has 0 spiro atoms. The van der Waals surface area contributed by atoms with Crippen LogP contribution in [0.2, 0.25) is 0 Å². The summed E-state index contributed by atoms with van der Waals surface area (Å²) in [6, 6.07) is 14.9. The third-order valence-corrected chi connectivity index (χ3v) is 7.18. The molecule has 0 saturated carbocycles. The Morgan fingerprint density at radius 3 is 2.59 bits per heavy atom. The van der Waals surface area contributed by atoms with Crippen molar-refractivity contribution in [2.24, 2.45) is 0 Å². The van der Waals surface area contributed by atoms with E-state index >= 15 is 0 Å². The first-order valence-electron chi connectivity index (χ1n) is 13.4. The van der Waals surface area contributed by atoms with E-state index in [-0.39, 0.29) is 24.8 Å². The second-order valence-electron chi connectivity index (χ2n) is 10.0. The first-order chi connectivity index (χ1) is 18.9. The van der Waals surface area contributed by atoms with Gasteiger partial charge in [-0.3, -0.25) is 9.59 Å². The lowest BCUT2D eigenvalue weighted by molar-refractivity contribution is -0.175. The quantitative estimate of drug-likeness (QED) is 0.274. The minimum atomic E-state index is -0.711. The van der Waals surface area contributed by atoms with Crippen molar-refractivity contribution >= 4 is 11.8 Å². The van der Waals surface area contributed by atoms with E-state index in [0.29, 0.717) is 39.0 Å². The van der Waals surface area contributed by atoms with Gasteiger partial charge in [-0.05, 0) is 55.0 Å². The highest BCUT2D eigenvalue weighted by molar-refractivity contribution is 5.88. The number of ether oxygens (including phenoxy) is 2. The number of benzene rings is 2. The molecule has 0 radical (unpaired) electrons. The van der Waals surface area contributed by atoms with Gasteiger partial charge < -0.3 is 29.8 Å². The SMILES string of the molecule is COc1ccc(CC(NC(=O)CCc2cnc[nH]2)C(=O)N2CC(OCCCCO)(c3ccccc3C)C2)cc1. The molecule has 3 N–H and O–H groups in total. The molecular formula is C30H38N4O5. The van der Waals surface area contributed by atoms with Crippen LogP contribution >= 0.6 is 0 Å². The number of aliphatic hydroxyl groups excluding tert-OH is 1. The number of rotatable bonds is 14. The van der Waals surface area contributed by atoms with Crippen molar-refractivity contribution < 1.29 is 24.2 Å². The van der Waals surface area contributed by atoms with E-state index in [4.69, 9.17) is 14.6 Å². The summed E-state index contributed by atoms with van der Waals surface area (Å²) >= 11 is 0. The molecule has 4 rings (SSSR count). The van der Waals surface area contributed by atoms with E-state index in [1.807, 2.05) is 49.4 Å². The molecule has 0 aliphatic carbocycles. The number of likely N-dealkylation sites (tertiary alicyclic amines) is 1. The number of hydrogen-bond donors (Lipinski definition) is 3. The summed E-state index contributed by atoms with van der Waals surface area (Å²) in [5.74, 6) is 0.403. The number of methoxy groups -OCH3 is 1. The van der Waals surface area contributed by atoms with Crippen molar-refractivity contribution in [3.05, 3.63) is 83.4 Å². The number of aryl methyl sites for hydroxylation is 2. The number of nitrogens with zero attached hydrogens (tertiary/aromatic N) is 2. The Morgan fingerprint density at radius 1 is 1.15 bits per heavy atom. The molecule has 0 bridgehead atoms. The van der Waals surface area contributed by atoms with Crippen LogP contribution in [0.15, 0.2) is 61.1 Å². The normalized spacial score (nSPS) is 14.9. The monoisotopic (exact) mass is 534 g/mol. The zero-order valence-corrected chi connectivity index (χ0v) is 22.7. The van der Waals surface area contributed by atoms with E-state index in [9.17, 15) is 9.59 Å². The van der Waals surface area contributed by atoms with E-state index in [1.165, 1.54) is 0 Å². The zero-order valence-electron chi connectivity index (χ0n) is 22.7. The number of carbonyl (C=O) groups is 2. The van der Waals surface area contributed by atoms with Crippen molar-refractivity contribution in [1.82, 2.24) is 20.2 Å². The van der Waals surface area contributed by atoms with Gasteiger partial charge in [0.1, 0.15) is 17.4 Å². The van der Waals surface area contributed by atoms with Crippen LogP contribution < -0.4 is 10.1 Å². The molecule has 39 heavy (non-hydrogen) atoms. The van der Waals surface area contributed by atoms with Crippen molar-refractivity contribution in [3.63, 3.8) is 0 Å². The number of unbranched alkanes of at least 4 members (excludes halogenated alkanes) is 1. The number of imidazole rings is 1. The van der Waals surface area contributed by atoms with Gasteiger partial charge in [0.15, 0.2) is 0 Å². The average molecular weight is 535 g/mol. The lowest BCUT2D eigenvalue weighted by Gasteiger charge is -2.51. The van der Waals surface area contributed by atoms with Crippen molar-refractivity contribution in [3.8, 4) is 5.75 Å². The molecule has 1 aliphatic heterocycles. The molecule has 1 saturated heterocycles. The molecule has 1 aromatic heterocycles. The summed E-state index contributed by atoms with van der Waals surface area (Å²) < 4.78 is 11.6. The molecule has 9 heteroatoms. The van der Waals surface area contributed by atoms with Gasteiger partial charge in [-0.1, -0.05) is 36.4 Å². The third-order valence-electron chi connectivity index (χ3n) is 7.18. The minimum Gasteiger partial charge on any atom is -0.497 e. The van der Waals surface area contributed by atoms with Crippen LogP contribution in [0.4, 0.5) is 0 Å². The molecule has 9 nitrogen and oxygen atoms in total. The summed E-state index contributed by atoms with van der Waals surface area (Å²) in [6.45, 7) is 3.47. The molecule has 1 atom stereocenters. The Bertz CT molecular complexity index is 1210. The van der Waals surface area contributed by atoms with Crippen LogP contribution in [0.3, 0.4) is 0 Å². The first-order valence-corrected chi connectivity index (χ1v) is 13.4. The topological polar surface area (TPSA) is 117 Å². The van der Waals surface area contributed by atoms with Crippen LogP contribution in [-0.2, 0) is 32.8 Å². The lowest BCUT2D eigenvalue weighted by Crippen LogP contribution is -2.66. The maximum atomic E-state index is 13.8. The molecule has 1 unspecified atom stereocenters. The Kier molecular flexibility index (Phi) is 9.73. The number of nitrogens with one attached hydrogen (secondary N) is 2. The molecular weight excluding hydrogens is 496 g/mol. The molecule has 1 aliphatic rings. The average Bonchev–Trinajstić information content (AvgIpc) is 3.45. The van der Waals surface area contributed by atoms with Crippen molar-refractivity contribution in [2.45, 2.75) is 50.7 Å². The van der Waals surface area contributed by atoms with E-state index < -0.39 is 11.6 Å². The van der Waals surface area contributed by atoms with Gasteiger partial charge in [0.25, 0.3) is 0 Å². The highest BCUT2D eigenvalue weighted by Gasteiger charge is 2.49. The predicted molar refractivity (Wildman–Crippen MR) is 147 cm³/mol. The fourth-order valence-corrected chi connectivity index (χ4v) is 4.98. The molecule has 3 aromatic rings. The summed E-state index contributed by atoms with van der Waals surface area (Å²) in [5.41, 5.74) is 3.36. The van der Waals surface area contributed by atoms with Crippen LogP contribution in [-0.4, -0.2) is 71.2 Å². The summed E-state index contributed by atoms with van der Waals surface area (Å²) in [5, 5.41) is 12.1. The maximum Gasteiger partial charge on any atom is 0.245 e. The van der Waals surface area contributed by atoms with Crippen LogP contribution in [0.1, 0.15) is 41.6 Å².